The van der Waals surface area contributed by atoms with Gasteiger partial charge in [0.25, 0.3) is 0 Å². The zero-order valence-corrected chi connectivity index (χ0v) is 10.9. The molecule has 1 heterocycles. The molecule has 94 valence electrons. The average Bonchev–Trinajstić information content (AvgIpc) is 2.58. The normalized spacial score (nSPS) is 16.9. The molecule has 1 aromatic rings. The van der Waals surface area contributed by atoms with Crippen molar-refractivity contribution in [2.75, 3.05) is 24.5 Å². The van der Waals surface area contributed by atoms with Gasteiger partial charge >= 0.3 is 0 Å². The minimum absolute atomic E-state index is 0.740. The Bertz CT molecular complexity index is 352. The second kappa shape index (κ2) is 6.06. The Labute approximate surface area is 105 Å². The van der Waals surface area contributed by atoms with Crippen LogP contribution < -0.4 is 10.6 Å². The number of aryl methyl sites for hydroxylation is 1. The molecule has 0 aliphatic carbocycles. The molecule has 2 nitrogen and oxygen atoms in total. The number of benzene rings is 1. The molecule has 2 rings (SSSR count). The molecule has 0 amide bonds. The van der Waals surface area contributed by atoms with Crippen molar-refractivity contribution in [3.05, 3.63) is 29.3 Å². The predicted octanol–water partition coefficient (Wildman–Crippen LogP) is 2.88. The molecule has 0 spiro atoms. The van der Waals surface area contributed by atoms with Crippen LogP contribution >= 0.6 is 0 Å². The molecule has 0 saturated carbocycles. The minimum atomic E-state index is 0.740. The highest BCUT2D eigenvalue weighted by Gasteiger charge is 2.13. The summed E-state index contributed by atoms with van der Waals surface area (Å²) >= 11 is 0. The fraction of sp³-hybridized carbons (Fsp3) is 0.600. The number of nitrogens with zero attached hydrogens (tertiary/aromatic N) is 1. The Morgan fingerprint density at radius 3 is 2.47 bits per heavy atom. The van der Waals surface area contributed by atoms with E-state index in [0.29, 0.717) is 0 Å². The summed E-state index contributed by atoms with van der Waals surface area (Å²) in [6.07, 6.45) is 6.42. The first-order chi connectivity index (χ1) is 8.31. The summed E-state index contributed by atoms with van der Waals surface area (Å²) in [4.78, 5) is 2.55. The molecule has 2 heteroatoms. The topological polar surface area (TPSA) is 29.3 Å². The second-order valence-electron chi connectivity index (χ2n) is 5.07. The van der Waals surface area contributed by atoms with E-state index >= 15 is 0 Å². The standard InChI is InChI=1S/C15H24N2/c1-13-6-7-15(14(12-13)8-9-16)17-10-4-2-3-5-11-17/h6-7,12H,2-5,8-11,16H2,1H3. The zero-order valence-electron chi connectivity index (χ0n) is 10.9. The van der Waals surface area contributed by atoms with Crippen molar-refractivity contribution in [1.29, 1.82) is 0 Å². The van der Waals surface area contributed by atoms with Crippen LogP contribution in [-0.4, -0.2) is 19.6 Å². The molecule has 1 fully saturated rings. The third kappa shape index (κ3) is 3.22. The summed E-state index contributed by atoms with van der Waals surface area (Å²) in [5.41, 5.74) is 9.91. The molecule has 1 aliphatic rings. The van der Waals surface area contributed by atoms with Crippen molar-refractivity contribution in [2.24, 2.45) is 5.73 Å². The molecule has 0 unspecified atom stereocenters. The Morgan fingerprint density at radius 1 is 1.12 bits per heavy atom. The molecule has 0 aromatic heterocycles. The number of rotatable bonds is 3. The first-order valence-electron chi connectivity index (χ1n) is 6.86. The van der Waals surface area contributed by atoms with Crippen molar-refractivity contribution in [1.82, 2.24) is 0 Å². The molecule has 0 atom stereocenters. The van der Waals surface area contributed by atoms with E-state index in [4.69, 9.17) is 5.73 Å². The quantitative estimate of drug-likeness (QED) is 0.868. The maximum atomic E-state index is 5.72. The molecule has 17 heavy (non-hydrogen) atoms. The fourth-order valence-corrected chi connectivity index (χ4v) is 2.69. The van der Waals surface area contributed by atoms with Crippen LogP contribution in [0.4, 0.5) is 5.69 Å². The van der Waals surface area contributed by atoms with E-state index in [1.807, 2.05) is 0 Å². The second-order valence-corrected chi connectivity index (χ2v) is 5.07. The van der Waals surface area contributed by atoms with E-state index in [1.54, 1.807) is 0 Å². The van der Waals surface area contributed by atoms with Gasteiger partial charge in [0.15, 0.2) is 0 Å². The van der Waals surface area contributed by atoms with Crippen molar-refractivity contribution in [2.45, 2.75) is 39.0 Å². The Balaban J connectivity index is 2.22. The molecular formula is C15H24N2. The summed E-state index contributed by atoms with van der Waals surface area (Å²) in [7, 11) is 0. The average molecular weight is 232 g/mol. The van der Waals surface area contributed by atoms with Gasteiger partial charge in [0.1, 0.15) is 0 Å². The highest BCUT2D eigenvalue weighted by molar-refractivity contribution is 5.55. The van der Waals surface area contributed by atoms with Crippen LogP contribution in [0.5, 0.6) is 0 Å². The summed E-state index contributed by atoms with van der Waals surface area (Å²) in [6, 6.07) is 6.80. The van der Waals surface area contributed by atoms with Crippen LogP contribution in [0.3, 0.4) is 0 Å². The van der Waals surface area contributed by atoms with Gasteiger partial charge in [0.05, 0.1) is 0 Å². The maximum Gasteiger partial charge on any atom is 0.0399 e. The van der Waals surface area contributed by atoms with Crippen LogP contribution in [0.2, 0.25) is 0 Å². The highest BCUT2D eigenvalue weighted by Crippen LogP contribution is 2.25. The fourth-order valence-electron chi connectivity index (χ4n) is 2.69. The van der Waals surface area contributed by atoms with E-state index in [-0.39, 0.29) is 0 Å². The molecule has 0 radical (unpaired) electrons. The van der Waals surface area contributed by atoms with Gasteiger partial charge in [-0.3, -0.25) is 0 Å². The van der Waals surface area contributed by atoms with Crippen LogP contribution in [0, 0.1) is 6.92 Å². The third-order valence-electron chi connectivity index (χ3n) is 3.60. The number of anilines is 1. The zero-order chi connectivity index (χ0) is 12.1. The van der Waals surface area contributed by atoms with Crippen LogP contribution in [-0.2, 0) is 6.42 Å². The summed E-state index contributed by atoms with van der Waals surface area (Å²) < 4.78 is 0. The Morgan fingerprint density at radius 2 is 1.82 bits per heavy atom. The van der Waals surface area contributed by atoms with Crippen LogP contribution in [0.1, 0.15) is 36.8 Å². The Kier molecular flexibility index (Phi) is 4.43. The van der Waals surface area contributed by atoms with Crippen LogP contribution in [0.15, 0.2) is 18.2 Å². The van der Waals surface area contributed by atoms with Gasteiger partial charge in [-0.1, -0.05) is 30.5 Å². The largest absolute Gasteiger partial charge is 0.371 e. The molecule has 2 N–H and O–H groups in total. The summed E-state index contributed by atoms with van der Waals surface area (Å²) in [6.45, 7) is 5.32. The lowest BCUT2D eigenvalue weighted by atomic mass is 10.1. The maximum absolute atomic E-state index is 5.72. The first kappa shape index (κ1) is 12.4. The lowest BCUT2D eigenvalue weighted by Gasteiger charge is -2.25. The van der Waals surface area contributed by atoms with Crippen molar-refractivity contribution in [3.63, 3.8) is 0 Å². The lowest BCUT2D eigenvalue weighted by Crippen LogP contribution is -2.25. The van der Waals surface area contributed by atoms with Crippen molar-refractivity contribution in [3.8, 4) is 0 Å². The SMILES string of the molecule is Cc1ccc(N2CCCCCC2)c(CCN)c1. The van der Waals surface area contributed by atoms with Crippen LogP contribution in [0.25, 0.3) is 0 Å². The monoisotopic (exact) mass is 232 g/mol. The van der Waals surface area contributed by atoms with Crippen molar-refractivity contribution >= 4 is 5.69 Å². The third-order valence-corrected chi connectivity index (χ3v) is 3.60. The van der Waals surface area contributed by atoms with E-state index < -0.39 is 0 Å². The number of hydrogen-bond donors (Lipinski definition) is 1. The lowest BCUT2D eigenvalue weighted by molar-refractivity contribution is 0.726. The smallest absolute Gasteiger partial charge is 0.0399 e. The molecule has 1 aliphatic heterocycles. The summed E-state index contributed by atoms with van der Waals surface area (Å²) in [5, 5.41) is 0. The van der Waals surface area contributed by atoms with Gasteiger partial charge in [0.2, 0.25) is 0 Å². The molecular weight excluding hydrogens is 208 g/mol. The van der Waals surface area contributed by atoms with E-state index in [1.165, 1.54) is 55.6 Å². The van der Waals surface area contributed by atoms with Gasteiger partial charge in [-0.25, -0.2) is 0 Å². The number of nitrogens with two attached hydrogens (primary N) is 1. The van der Waals surface area contributed by atoms with E-state index in [2.05, 4.69) is 30.0 Å². The number of hydrogen-bond acceptors (Lipinski definition) is 2. The van der Waals surface area contributed by atoms with Gasteiger partial charge < -0.3 is 10.6 Å². The van der Waals surface area contributed by atoms with Gasteiger partial charge in [-0.15, -0.1) is 0 Å². The highest BCUT2D eigenvalue weighted by atomic mass is 15.1. The van der Waals surface area contributed by atoms with E-state index in [0.717, 1.165) is 13.0 Å². The first-order valence-corrected chi connectivity index (χ1v) is 6.86. The van der Waals surface area contributed by atoms with Gasteiger partial charge in [-0.05, 0) is 44.4 Å². The summed E-state index contributed by atoms with van der Waals surface area (Å²) in [5.74, 6) is 0. The van der Waals surface area contributed by atoms with Gasteiger partial charge in [0, 0.05) is 18.8 Å². The molecule has 1 saturated heterocycles. The predicted molar refractivity (Wildman–Crippen MR) is 74.6 cm³/mol. The van der Waals surface area contributed by atoms with E-state index in [9.17, 15) is 0 Å². The van der Waals surface area contributed by atoms with Gasteiger partial charge in [-0.2, -0.15) is 0 Å². The van der Waals surface area contributed by atoms with Crippen molar-refractivity contribution < 1.29 is 0 Å². The Hall–Kier alpha value is -1.02. The minimum Gasteiger partial charge on any atom is -0.371 e. The molecule has 1 aromatic carbocycles. The molecule has 0 bridgehead atoms.